The standard InChI is InChI=1S/C16H16ClN3/c17-15-9-13(5-6-14(15)16(18)19)20-8-7-11-3-1-2-4-12(11)10-20/h1-6,9H,7-8,10H2,(H3,18,19). The largest absolute Gasteiger partial charge is 0.384 e. The Morgan fingerprint density at radius 3 is 2.60 bits per heavy atom. The van der Waals surface area contributed by atoms with E-state index in [9.17, 15) is 0 Å². The predicted molar refractivity (Wildman–Crippen MR) is 83.7 cm³/mol. The summed E-state index contributed by atoms with van der Waals surface area (Å²) in [6, 6.07) is 14.2. The molecule has 0 amide bonds. The number of rotatable bonds is 2. The van der Waals surface area contributed by atoms with Crippen LogP contribution in [0.4, 0.5) is 5.69 Å². The second-order valence-corrected chi connectivity index (χ2v) is 5.43. The average Bonchev–Trinajstić information content (AvgIpc) is 2.46. The fourth-order valence-corrected chi connectivity index (χ4v) is 2.91. The van der Waals surface area contributed by atoms with Crippen LogP contribution < -0.4 is 10.6 Å². The molecule has 0 saturated heterocycles. The molecule has 4 heteroatoms. The maximum absolute atomic E-state index is 7.47. The van der Waals surface area contributed by atoms with E-state index in [0.717, 1.165) is 25.2 Å². The van der Waals surface area contributed by atoms with E-state index in [1.54, 1.807) is 0 Å². The monoisotopic (exact) mass is 285 g/mol. The topological polar surface area (TPSA) is 53.1 Å². The quantitative estimate of drug-likeness (QED) is 0.658. The molecular weight excluding hydrogens is 270 g/mol. The number of nitrogens with one attached hydrogen (secondary N) is 1. The zero-order valence-corrected chi connectivity index (χ0v) is 11.8. The molecule has 1 aliphatic heterocycles. The second-order valence-electron chi connectivity index (χ2n) is 5.02. The van der Waals surface area contributed by atoms with Crippen molar-refractivity contribution in [2.24, 2.45) is 5.73 Å². The van der Waals surface area contributed by atoms with Crippen LogP contribution in [0.5, 0.6) is 0 Å². The molecule has 0 aliphatic carbocycles. The number of amidine groups is 1. The van der Waals surface area contributed by atoms with Gasteiger partial charge in [0.05, 0.1) is 5.02 Å². The van der Waals surface area contributed by atoms with Gasteiger partial charge in [0.15, 0.2) is 0 Å². The van der Waals surface area contributed by atoms with Crippen molar-refractivity contribution in [3.8, 4) is 0 Å². The fourth-order valence-electron chi connectivity index (χ4n) is 2.64. The number of nitrogens with two attached hydrogens (primary N) is 1. The Labute approximate surface area is 123 Å². The van der Waals surface area contributed by atoms with Crippen LogP contribution in [0.2, 0.25) is 5.02 Å². The molecule has 2 aromatic carbocycles. The van der Waals surface area contributed by atoms with E-state index in [-0.39, 0.29) is 5.84 Å². The van der Waals surface area contributed by atoms with Crippen LogP contribution in [0, 0.1) is 5.41 Å². The highest BCUT2D eigenvalue weighted by molar-refractivity contribution is 6.34. The van der Waals surface area contributed by atoms with Crippen molar-refractivity contribution in [1.29, 1.82) is 5.41 Å². The molecule has 20 heavy (non-hydrogen) atoms. The molecule has 0 unspecified atom stereocenters. The Kier molecular flexibility index (Phi) is 3.36. The zero-order valence-electron chi connectivity index (χ0n) is 11.1. The Morgan fingerprint density at radius 1 is 1.15 bits per heavy atom. The molecule has 0 radical (unpaired) electrons. The van der Waals surface area contributed by atoms with Gasteiger partial charge in [-0.05, 0) is 35.7 Å². The third kappa shape index (κ3) is 2.37. The van der Waals surface area contributed by atoms with Crippen molar-refractivity contribution in [3.05, 3.63) is 64.2 Å². The summed E-state index contributed by atoms with van der Waals surface area (Å²) < 4.78 is 0. The minimum atomic E-state index is 0.00513. The van der Waals surface area contributed by atoms with Gasteiger partial charge >= 0.3 is 0 Å². The summed E-state index contributed by atoms with van der Waals surface area (Å²) in [4.78, 5) is 2.30. The number of nitrogen functional groups attached to an aromatic ring is 1. The summed E-state index contributed by atoms with van der Waals surface area (Å²) in [5, 5.41) is 8.00. The SMILES string of the molecule is N=C(N)c1ccc(N2CCc3ccccc3C2)cc1Cl. The van der Waals surface area contributed by atoms with E-state index in [0.29, 0.717) is 10.6 Å². The van der Waals surface area contributed by atoms with Crippen molar-refractivity contribution in [1.82, 2.24) is 0 Å². The van der Waals surface area contributed by atoms with Crippen LogP contribution in [0.15, 0.2) is 42.5 Å². The lowest BCUT2D eigenvalue weighted by Crippen LogP contribution is -2.30. The van der Waals surface area contributed by atoms with E-state index in [2.05, 4.69) is 29.2 Å². The third-order valence-corrected chi connectivity index (χ3v) is 4.05. The molecule has 2 aromatic rings. The van der Waals surface area contributed by atoms with E-state index >= 15 is 0 Å². The van der Waals surface area contributed by atoms with Crippen molar-refractivity contribution in [2.45, 2.75) is 13.0 Å². The first-order valence-corrected chi connectivity index (χ1v) is 6.98. The molecule has 1 heterocycles. The van der Waals surface area contributed by atoms with Crippen LogP contribution in [-0.2, 0) is 13.0 Å². The van der Waals surface area contributed by atoms with Gasteiger partial charge in [0.2, 0.25) is 0 Å². The van der Waals surface area contributed by atoms with Crippen LogP contribution in [0.1, 0.15) is 16.7 Å². The van der Waals surface area contributed by atoms with Gasteiger partial charge in [0, 0.05) is 24.3 Å². The number of hydrogen-bond donors (Lipinski definition) is 2. The first kappa shape index (κ1) is 13.0. The normalized spacial score (nSPS) is 13.9. The Bertz CT molecular complexity index is 667. The van der Waals surface area contributed by atoms with Crippen LogP contribution >= 0.6 is 11.6 Å². The summed E-state index contributed by atoms with van der Waals surface area (Å²) in [5.74, 6) is 0.00513. The summed E-state index contributed by atoms with van der Waals surface area (Å²) in [5.41, 5.74) is 9.95. The highest BCUT2D eigenvalue weighted by Gasteiger charge is 2.17. The summed E-state index contributed by atoms with van der Waals surface area (Å²) >= 11 is 6.20. The van der Waals surface area contributed by atoms with Gasteiger partial charge < -0.3 is 10.6 Å². The molecule has 3 N–H and O–H groups in total. The van der Waals surface area contributed by atoms with Crippen molar-refractivity contribution in [3.63, 3.8) is 0 Å². The minimum Gasteiger partial charge on any atom is -0.384 e. The van der Waals surface area contributed by atoms with Gasteiger partial charge in [0.1, 0.15) is 5.84 Å². The van der Waals surface area contributed by atoms with Gasteiger partial charge in [-0.3, -0.25) is 5.41 Å². The van der Waals surface area contributed by atoms with Gasteiger partial charge in [-0.1, -0.05) is 35.9 Å². The van der Waals surface area contributed by atoms with E-state index in [1.165, 1.54) is 11.1 Å². The molecule has 102 valence electrons. The Hall–Kier alpha value is -2.00. The van der Waals surface area contributed by atoms with Crippen molar-refractivity contribution < 1.29 is 0 Å². The number of fused-ring (bicyclic) bond motifs is 1. The molecule has 0 fully saturated rings. The average molecular weight is 286 g/mol. The van der Waals surface area contributed by atoms with Crippen molar-refractivity contribution in [2.75, 3.05) is 11.4 Å². The highest BCUT2D eigenvalue weighted by Crippen LogP contribution is 2.28. The van der Waals surface area contributed by atoms with E-state index < -0.39 is 0 Å². The maximum Gasteiger partial charge on any atom is 0.124 e. The fraction of sp³-hybridized carbons (Fsp3) is 0.188. The lowest BCUT2D eigenvalue weighted by atomic mass is 9.99. The van der Waals surface area contributed by atoms with Gasteiger partial charge in [-0.15, -0.1) is 0 Å². The van der Waals surface area contributed by atoms with E-state index in [1.807, 2.05) is 18.2 Å². The lowest BCUT2D eigenvalue weighted by molar-refractivity contribution is 0.732. The van der Waals surface area contributed by atoms with Crippen LogP contribution in [-0.4, -0.2) is 12.4 Å². The molecule has 3 rings (SSSR count). The smallest absolute Gasteiger partial charge is 0.124 e. The summed E-state index contributed by atoms with van der Waals surface area (Å²) in [7, 11) is 0. The summed E-state index contributed by atoms with van der Waals surface area (Å²) in [6.07, 6.45) is 1.04. The molecule has 0 spiro atoms. The lowest BCUT2D eigenvalue weighted by Gasteiger charge is -2.31. The van der Waals surface area contributed by atoms with Gasteiger partial charge in [0.25, 0.3) is 0 Å². The first-order valence-electron chi connectivity index (χ1n) is 6.61. The Balaban J connectivity index is 1.88. The number of benzene rings is 2. The summed E-state index contributed by atoms with van der Waals surface area (Å²) in [6.45, 7) is 1.87. The van der Waals surface area contributed by atoms with Crippen LogP contribution in [0.25, 0.3) is 0 Å². The van der Waals surface area contributed by atoms with Gasteiger partial charge in [-0.25, -0.2) is 0 Å². The maximum atomic E-state index is 7.47. The number of anilines is 1. The third-order valence-electron chi connectivity index (χ3n) is 3.74. The number of halogens is 1. The molecule has 1 aliphatic rings. The zero-order chi connectivity index (χ0) is 14.1. The number of nitrogens with zero attached hydrogens (tertiary/aromatic N) is 1. The molecule has 0 atom stereocenters. The van der Waals surface area contributed by atoms with Gasteiger partial charge in [-0.2, -0.15) is 0 Å². The minimum absolute atomic E-state index is 0.00513. The molecule has 3 nitrogen and oxygen atoms in total. The Morgan fingerprint density at radius 2 is 1.90 bits per heavy atom. The van der Waals surface area contributed by atoms with Crippen molar-refractivity contribution >= 4 is 23.1 Å². The highest BCUT2D eigenvalue weighted by atomic mass is 35.5. The number of hydrogen-bond acceptors (Lipinski definition) is 2. The molecular formula is C16H16ClN3. The molecule has 0 aromatic heterocycles. The molecule has 0 bridgehead atoms. The molecule has 0 saturated carbocycles. The predicted octanol–water partition coefficient (Wildman–Crippen LogP) is 3.19. The first-order chi connectivity index (χ1) is 9.65. The van der Waals surface area contributed by atoms with Crippen LogP contribution in [0.3, 0.4) is 0 Å². The second kappa shape index (κ2) is 5.17. The van der Waals surface area contributed by atoms with E-state index in [4.69, 9.17) is 22.7 Å².